The minimum absolute atomic E-state index is 0.00754. The number of amides is 5. The van der Waals surface area contributed by atoms with Gasteiger partial charge in [-0.15, -0.1) is 0 Å². The summed E-state index contributed by atoms with van der Waals surface area (Å²) in [6, 6.07) is 8.73. The molecule has 5 amide bonds. The highest BCUT2D eigenvalue weighted by Gasteiger charge is 2.44. The van der Waals surface area contributed by atoms with Gasteiger partial charge in [0.15, 0.2) is 0 Å². The molecule has 1 fully saturated rings. The van der Waals surface area contributed by atoms with E-state index in [1.54, 1.807) is 27.2 Å². The third-order valence-electron chi connectivity index (χ3n) is 9.33. The summed E-state index contributed by atoms with van der Waals surface area (Å²) in [5.74, 6) is -0.521. The van der Waals surface area contributed by atoms with Crippen LogP contribution in [-0.4, -0.2) is 106 Å². The Kier molecular flexibility index (Phi) is 15.0. The zero-order valence-electron chi connectivity index (χ0n) is 32.7. The van der Waals surface area contributed by atoms with Gasteiger partial charge < -0.3 is 30.3 Å². The van der Waals surface area contributed by atoms with Crippen LogP contribution >= 0.6 is 0 Å². The van der Waals surface area contributed by atoms with E-state index in [0.717, 1.165) is 16.7 Å². The zero-order chi connectivity index (χ0) is 38.8. The molecule has 1 aromatic carbocycles. The van der Waals surface area contributed by atoms with Crippen molar-refractivity contribution in [3.63, 3.8) is 0 Å². The standard InChI is InChI=1S/C39H61N7O6/c1-26(2)17-19-45(43-34(48)32(38(4,5)6)42-36(50)52-10)25-31(47)30(22-28-14-12-11-13-15-28)41-35(49)33(39(7,8)9)46-21-20-44(37(46)51)24-29-23-40-18-16-27(29)3/h11-16,18,23,26,30-33,47H,17,19-22,24-25H2,1-10H3,(H,41,49)(H,42,50)(H,43,48). The lowest BCUT2D eigenvalue weighted by Gasteiger charge is -2.38. The third-order valence-corrected chi connectivity index (χ3v) is 9.33. The number of pyridine rings is 1. The highest BCUT2D eigenvalue weighted by Crippen LogP contribution is 2.29. The second kappa shape index (κ2) is 18.5. The van der Waals surface area contributed by atoms with Gasteiger partial charge >= 0.3 is 12.1 Å². The molecule has 288 valence electrons. The molecule has 4 atom stereocenters. The Bertz CT molecular complexity index is 1490. The number of nitrogens with zero attached hydrogens (tertiary/aromatic N) is 4. The molecular weight excluding hydrogens is 662 g/mol. The van der Waals surface area contributed by atoms with Crippen LogP contribution in [0, 0.1) is 23.7 Å². The highest BCUT2D eigenvalue weighted by molar-refractivity contribution is 5.89. The molecule has 1 saturated heterocycles. The number of aryl methyl sites for hydroxylation is 1. The van der Waals surface area contributed by atoms with Gasteiger partial charge in [-0.2, -0.15) is 0 Å². The first-order chi connectivity index (χ1) is 24.3. The lowest BCUT2D eigenvalue weighted by atomic mass is 9.84. The second-order valence-corrected chi connectivity index (χ2v) is 16.4. The Morgan fingerprint density at radius 3 is 2.23 bits per heavy atom. The number of methoxy groups -OCH3 is 1. The van der Waals surface area contributed by atoms with E-state index in [2.05, 4.69) is 34.9 Å². The van der Waals surface area contributed by atoms with Gasteiger partial charge in [-0.3, -0.25) is 20.0 Å². The topological polar surface area (TPSA) is 156 Å². The van der Waals surface area contributed by atoms with Crippen molar-refractivity contribution in [2.75, 3.05) is 33.3 Å². The van der Waals surface area contributed by atoms with Crippen LogP contribution in [0.3, 0.4) is 0 Å². The monoisotopic (exact) mass is 723 g/mol. The van der Waals surface area contributed by atoms with Crippen LogP contribution in [0.1, 0.15) is 78.5 Å². The number of carbonyl (C=O) groups excluding carboxylic acids is 4. The van der Waals surface area contributed by atoms with Crippen molar-refractivity contribution in [1.29, 1.82) is 0 Å². The first-order valence-corrected chi connectivity index (χ1v) is 18.2. The number of urea groups is 1. The van der Waals surface area contributed by atoms with E-state index in [0.29, 0.717) is 44.9 Å². The van der Waals surface area contributed by atoms with Crippen LogP contribution in [0.25, 0.3) is 0 Å². The zero-order valence-corrected chi connectivity index (χ0v) is 32.7. The van der Waals surface area contributed by atoms with Crippen molar-refractivity contribution in [3.05, 3.63) is 65.5 Å². The molecular formula is C39H61N7O6. The van der Waals surface area contributed by atoms with Crippen molar-refractivity contribution < 1.29 is 29.0 Å². The molecule has 1 aliphatic rings. The van der Waals surface area contributed by atoms with E-state index in [1.807, 2.05) is 84.9 Å². The van der Waals surface area contributed by atoms with Gasteiger partial charge in [0.2, 0.25) is 5.91 Å². The maximum atomic E-state index is 14.4. The molecule has 13 heteroatoms. The van der Waals surface area contributed by atoms with E-state index in [1.165, 1.54) is 7.11 Å². The Morgan fingerprint density at radius 2 is 1.65 bits per heavy atom. The van der Waals surface area contributed by atoms with E-state index in [-0.39, 0.29) is 18.5 Å². The summed E-state index contributed by atoms with van der Waals surface area (Å²) >= 11 is 0. The molecule has 0 spiro atoms. The number of benzene rings is 1. The fraction of sp³-hybridized carbons (Fsp3) is 0.615. The molecule has 0 radical (unpaired) electrons. The summed E-state index contributed by atoms with van der Waals surface area (Å²) in [7, 11) is 1.24. The number of hydrogen-bond donors (Lipinski definition) is 4. The predicted molar refractivity (Wildman–Crippen MR) is 201 cm³/mol. The van der Waals surface area contributed by atoms with Crippen molar-refractivity contribution in [3.8, 4) is 0 Å². The number of alkyl carbamates (subject to hydrolysis) is 1. The molecule has 4 N–H and O–H groups in total. The van der Waals surface area contributed by atoms with Gasteiger partial charge in [0.25, 0.3) is 5.91 Å². The Morgan fingerprint density at radius 1 is 0.981 bits per heavy atom. The number of rotatable bonds is 16. The van der Waals surface area contributed by atoms with Crippen molar-refractivity contribution in [1.82, 2.24) is 35.9 Å². The Hall–Kier alpha value is -4.23. The molecule has 1 aliphatic heterocycles. The van der Waals surface area contributed by atoms with Crippen molar-refractivity contribution in [2.24, 2.45) is 16.7 Å². The number of aromatic nitrogens is 1. The maximum Gasteiger partial charge on any atom is 0.407 e. The molecule has 4 unspecified atom stereocenters. The van der Waals surface area contributed by atoms with Crippen molar-refractivity contribution in [2.45, 2.75) is 106 Å². The third kappa shape index (κ3) is 12.2. The SMILES string of the molecule is COC(=O)NC(C(=O)NN(CCC(C)C)CC(O)C(Cc1ccccc1)NC(=O)C(N1CCN(Cc2cnccc2C)C1=O)C(C)(C)C)C(C)(C)C. The number of hydrazine groups is 1. The normalized spacial score (nSPS) is 16.1. The van der Waals surface area contributed by atoms with E-state index in [4.69, 9.17) is 4.74 Å². The van der Waals surface area contributed by atoms with Gasteiger partial charge in [-0.1, -0.05) is 85.7 Å². The van der Waals surface area contributed by atoms with E-state index >= 15 is 0 Å². The van der Waals surface area contributed by atoms with Gasteiger partial charge in [0.1, 0.15) is 12.1 Å². The Balaban J connectivity index is 1.87. The molecule has 1 aromatic heterocycles. The summed E-state index contributed by atoms with van der Waals surface area (Å²) in [4.78, 5) is 61.6. The quantitative estimate of drug-likeness (QED) is 0.187. The first kappa shape index (κ1) is 42.2. The van der Waals surface area contributed by atoms with Crippen LogP contribution in [0.15, 0.2) is 48.8 Å². The maximum absolute atomic E-state index is 14.4. The minimum Gasteiger partial charge on any atom is -0.453 e. The second-order valence-electron chi connectivity index (χ2n) is 16.4. The molecule has 3 rings (SSSR count). The summed E-state index contributed by atoms with van der Waals surface area (Å²) in [6.45, 7) is 19.1. The minimum atomic E-state index is -1.13. The summed E-state index contributed by atoms with van der Waals surface area (Å²) < 4.78 is 4.77. The number of aliphatic hydroxyl groups is 1. The Labute approximate surface area is 309 Å². The van der Waals surface area contributed by atoms with Crippen LogP contribution in [0.5, 0.6) is 0 Å². The highest BCUT2D eigenvalue weighted by atomic mass is 16.5. The van der Waals surface area contributed by atoms with Gasteiger partial charge in [0, 0.05) is 45.1 Å². The summed E-state index contributed by atoms with van der Waals surface area (Å²) in [6.07, 6.45) is 2.66. The van der Waals surface area contributed by atoms with Gasteiger partial charge in [-0.25, -0.2) is 14.6 Å². The van der Waals surface area contributed by atoms with Crippen LogP contribution in [0.4, 0.5) is 9.59 Å². The molecule has 2 aromatic rings. The predicted octanol–water partition coefficient (Wildman–Crippen LogP) is 4.28. The van der Waals surface area contributed by atoms with Crippen LogP contribution in [-0.2, 0) is 27.3 Å². The average Bonchev–Trinajstić information content (AvgIpc) is 3.40. The van der Waals surface area contributed by atoms with Gasteiger partial charge in [-0.05, 0) is 59.3 Å². The van der Waals surface area contributed by atoms with E-state index < -0.39 is 47.1 Å². The molecule has 2 heterocycles. The number of carbonyl (C=O) groups is 4. The molecule has 0 aliphatic carbocycles. The summed E-state index contributed by atoms with van der Waals surface area (Å²) in [5, 5.41) is 19.3. The number of nitrogens with one attached hydrogen (secondary N) is 3. The smallest absolute Gasteiger partial charge is 0.407 e. The fourth-order valence-electron chi connectivity index (χ4n) is 6.30. The number of hydrogen-bond acceptors (Lipinski definition) is 8. The molecule has 0 bridgehead atoms. The average molecular weight is 724 g/mol. The molecule has 13 nitrogen and oxygen atoms in total. The van der Waals surface area contributed by atoms with Crippen molar-refractivity contribution >= 4 is 23.9 Å². The fourth-order valence-corrected chi connectivity index (χ4v) is 6.30. The lowest BCUT2D eigenvalue weighted by molar-refractivity contribution is -0.133. The molecule has 0 saturated carbocycles. The lowest BCUT2D eigenvalue weighted by Crippen LogP contribution is -2.61. The van der Waals surface area contributed by atoms with Crippen LogP contribution in [0.2, 0.25) is 0 Å². The number of aliphatic hydroxyl groups excluding tert-OH is 1. The number of ether oxygens (including phenoxy) is 1. The molecule has 52 heavy (non-hydrogen) atoms. The van der Waals surface area contributed by atoms with Gasteiger partial charge in [0.05, 0.1) is 19.3 Å². The largest absolute Gasteiger partial charge is 0.453 e. The summed E-state index contributed by atoms with van der Waals surface area (Å²) in [5.41, 5.74) is 4.54. The first-order valence-electron chi connectivity index (χ1n) is 18.2. The van der Waals surface area contributed by atoms with E-state index in [9.17, 15) is 24.3 Å². The van der Waals surface area contributed by atoms with Crippen LogP contribution < -0.4 is 16.1 Å².